The Morgan fingerprint density at radius 3 is 2.37 bits per heavy atom. The summed E-state index contributed by atoms with van der Waals surface area (Å²) in [4.78, 5) is 4.17. The number of allylic oxidation sites excluding steroid dienone is 1. The van der Waals surface area contributed by atoms with Gasteiger partial charge in [0.1, 0.15) is 0 Å². The minimum Gasteiger partial charge on any atom is -0.374 e. The Labute approximate surface area is 118 Å². The van der Waals surface area contributed by atoms with E-state index < -0.39 is 0 Å². The lowest BCUT2D eigenvalue weighted by atomic mass is 9.94. The Hall–Kier alpha value is -2.06. The lowest BCUT2D eigenvalue weighted by molar-refractivity contribution is 1.45. The Kier molecular flexibility index (Phi) is 4.03. The van der Waals surface area contributed by atoms with E-state index in [9.17, 15) is 0 Å². The largest absolute Gasteiger partial charge is 0.374 e. The van der Waals surface area contributed by atoms with E-state index in [2.05, 4.69) is 23.7 Å². The molecule has 2 aromatic rings. The fourth-order valence-electron chi connectivity index (χ4n) is 2.06. The quantitative estimate of drug-likeness (QED) is 0.495. The molecule has 0 aliphatic rings. The fourth-order valence-corrected chi connectivity index (χ4v) is 2.15. The maximum Gasteiger partial charge on any atom is 0.193 e. The molecule has 2 rings (SSSR count). The van der Waals surface area contributed by atoms with E-state index in [1.807, 2.05) is 43.3 Å². The molecule has 2 nitrogen and oxygen atoms in total. The summed E-state index contributed by atoms with van der Waals surface area (Å²) in [6, 6.07) is 16.0. The Bertz CT molecular complexity index is 626. The highest BCUT2D eigenvalue weighted by Gasteiger charge is 2.10. The molecule has 0 aliphatic heterocycles. The number of hydrogen-bond acceptors (Lipinski definition) is 1. The van der Waals surface area contributed by atoms with Gasteiger partial charge in [-0.05, 0) is 41.3 Å². The van der Waals surface area contributed by atoms with Crippen LogP contribution in [0.2, 0.25) is 0 Å². The third-order valence-electron chi connectivity index (χ3n) is 2.78. The van der Waals surface area contributed by atoms with Gasteiger partial charge in [-0.1, -0.05) is 49.0 Å². The SMILES string of the molecule is C=C(C)c1c(N=C(N)Cl)cccc1-c1ccccc1. The third-order valence-corrected chi connectivity index (χ3v) is 2.87. The van der Waals surface area contributed by atoms with E-state index in [-0.39, 0.29) is 5.29 Å². The van der Waals surface area contributed by atoms with Gasteiger partial charge in [-0.2, -0.15) is 0 Å². The second-order valence-corrected chi connectivity index (χ2v) is 4.67. The highest BCUT2D eigenvalue weighted by molar-refractivity contribution is 6.64. The van der Waals surface area contributed by atoms with Gasteiger partial charge in [0.05, 0.1) is 5.69 Å². The van der Waals surface area contributed by atoms with Crippen molar-refractivity contribution in [2.45, 2.75) is 6.92 Å². The number of benzene rings is 2. The van der Waals surface area contributed by atoms with E-state index in [0.717, 1.165) is 28.0 Å². The standard InChI is InChI=1S/C16H15ClN2/c1-11(2)15-13(12-7-4-3-5-8-12)9-6-10-14(15)19-16(17)18/h3-10H,1H2,2H3,(H2,18,19). The zero-order valence-corrected chi connectivity index (χ0v) is 11.5. The Balaban J connectivity index is 2.69. The number of nitrogens with two attached hydrogens (primary N) is 1. The molecule has 3 heteroatoms. The normalized spacial score (nSPS) is 11.4. The molecule has 0 heterocycles. The van der Waals surface area contributed by atoms with Gasteiger partial charge in [-0.3, -0.25) is 0 Å². The monoisotopic (exact) mass is 270 g/mol. The summed E-state index contributed by atoms with van der Waals surface area (Å²) < 4.78 is 0. The molecule has 96 valence electrons. The van der Waals surface area contributed by atoms with Crippen molar-refractivity contribution in [3.8, 4) is 11.1 Å². The molecule has 0 saturated heterocycles. The predicted molar refractivity (Wildman–Crippen MR) is 83.7 cm³/mol. The Morgan fingerprint density at radius 1 is 1.11 bits per heavy atom. The molecule has 19 heavy (non-hydrogen) atoms. The molecule has 2 aromatic carbocycles. The number of aliphatic imine (C=N–C) groups is 1. The summed E-state index contributed by atoms with van der Waals surface area (Å²) >= 11 is 5.69. The highest BCUT2D eigenvalue weighted by Crippen LogP contribution is 2.35. The zero-order valence-electron chi connectivity index (χ0n) is 10.7. The zero-order chi connectivity index (χ0) is 13.8. The summed E-state index contributed by atoms with van der Waals surface area (Å²) in [6.07, 6.45) is 0. The van der Waals surface area contributed by atoms with E-state index in [1.165, 1.54) is 0 Å². The summed E-state index contributed by atoms with van der Waals surface area (Å²) in [7, 11) is 0. The van der Waals surface area contributed by atoms with Gasteiger partial charge in [0.15, 0.2) is 5.29 Å². The minimum absolute atomic E-state index is 0.0210. The smallest absolute Gasteiger partial charge is 0.193 e. The molecule has 0 amide bonds. The van der Waals surface area contributed by atoms with Gasteiger partial charge in [0.2, 0.25) is 0 Å². The number of halogens is 1. The Morgan fingerprint density at radius 2 is 1.79 bits per heavy atom. The molecule has 0 saturated carbocycles. The number of nitrogens with zero attached hydrogens (tertiary/aromatic N) is 1. The molecule has 0 aromatic heterocycles. The molecule has 0 aliphatic carbocycles. The molecule has 2 N–H and O–H groups in total. The molecular weight excluding hydrogens is 256 g/mol. The summed E-state index contributed by atoms with van der Waals surface area (Å²) in [5, 5.41) is 0.0210. The fraction of sp³-hybridized carbons (Fsp3) is 0.0625. The van der Waals surface area contributed by atoms with E-state index in [1.54, 1.807) is 0 Å². The first-order chi connectivity index (χ1) is 9.09. The molecule has 0 fully saturated rings. The van der Waals surface area contributed by atoms with Crippen molar-refractivity contribution in [3.05, 3.63) is 60.7 Å². The number of amidine groups is 1. The third kappa shape index (κ3) is 3.04. The van der Waals surface area contributed by atoms with Crippen molar-refractivity contribution < 1.29 is 0 Å². The van der Waals surface area contributed by atoms with Crippen molar-refractivity contribution in [3.63, 3.8) is 0 Å². The predicted octanol–water partition coefficient (Wildman–Crippen LogP) is 4.57. The van der Waals surface area contributed by atoms with Gasteiger partial charge in [-0.15, -0.1) is 0 Å². The second-order valence-electron chi connectivity index (χ2n) is 4.28. The van der Waals surface area contributed by atoms with Crippen LogP contribution in [0.4, 0.5) is 5.69 Å². The first-order valence-corrected chi connectivity index (χ1v) is 6.31. The van der Waals surface area contributed by atoms with Crippen LogP contribution in [0, 0.1) is 0 Å². The van der Waals surface area contributed by atoms with Crippen LogP contribution in [0.25, 0.3) is 16.7 Å². The molecule has 0 atom stereocenters. The first-order valence-electron chi connectivity index (χ1n) is 5.93. The summed E-state index contributed by atoms with van der Waals surface area (Å²) in [6.45, 7) is 5.98. The van der Waals surface area contributed by atoms with Gasteiger partial charge < -0.3 is 5.73 Å². The average molecular weight is 271 g/mol. The highest BCUT2D eigenvalue weighted by atomic mass is 35.5. The molecule has 0 unspecified atom stereocenters. The van der Waals surface area contributed by atoms with Gasteiger partial charge in [0.25, 0.3) is 0 Å². The maximum absolute atomic E-state index is 5.69. The van der Waals surface area contributed by atoms with Crippen molar-refractivity contribution >= 4 is 28.2 Å². The molecule has 0 radical (unpaired) electrons. The number of hydrogen-bond donors (Lipinski definition) is 1. The van der Waals surface area contributed by atoms with Crippen LogP contribution >= 0.6 is 11.6 Å². The van der Waals surface area contributed by atoms with Gasteiger partial charge >= 0.3 is 0 Å². The van der Waals surface area contributed by atoms with Crippen LogP contribution in [0.5, 0.6) is 0 Å². The number of rotatable bonds is 3. The van der Waals surface area contributed by atoms with E-state index in [4.69, 9.17) is 17.3 Å². The van der Waals surface area contributed by atoms with Crippen molar-refractivity contribution in [2.75, 3.05) is 0 Å². The lowest BCUT2D eigenvalue weighted by Crippen LogP contribution is -2.01. The molecule has 0 spiro atoms. The molecular formula is C16H15ClN2. The van der Waals surface area contributed by atoms with Crippen molar-refractivity contribution in [1.29, 1.82) is 0 Å². The van der Waals surface area contributed by atoms with Crippen LogP contribution in [0.1, 0.15) is 12.5 Å². The van der Waals surface area contributed by atoms with Crippen LogP contribution in [-0.4, -0.2) is 5.29 Å². The van der Waals surface area contributed by atoms with E-state index >= 15 is 0 Å². The van der Waals surface area contributed by atoms with Gasteiger partial charge in [-0.25, -0.2) is 4.99 Å². The topological polar surface area (TPSA) is 38.4 Å². The maximum atomic E-state index is 5.69. The van der Waals surface area contributed by atoms with Crippen LogP contribution < -0.4 is 5.73 Å². The van der Waals surface area contributed by atoms with Crippen LogP contribution in [0.15, 0.2) is 60.1 Å². The second kappa shape index (κ2) is 5.72. The van der Waals surface area contributed by atoms with E-state index in [0.29, 0.717) is 0 Å². The first kappa shape index (κ1) is 13.4. The summed E-state index contributed by atoms with van der Waals surface area (Å²) in [5.41, 5.74) is 10.3. The average Bonchev–Trinajstić information content (AvgIpc) is 2.38. The summed E-state index contributed by atoms with van der Waals surface area (Å²) in [5.74, 6) is 0. The lowest BCUT2D eigenvalue weighted by Gasteiger charge is -2.12. The van der Waals surface area contributed by atoms with Crippen LogP contribution in [0.3, 0.4) is 0 Å². The van der Waals surface area contributed by atoms with Crippen molar-refractivity contribution in [2.24, 2.45) is 10.7 Å². The molecule has 0 bridgehead atoms. The van der Waals surface area contributed by atoms with Crippen LogP contribution in [-0.2, 0) is 0 Å². The minimum atomic E-state index is 0.0210. The van der Waals surface area contributed by atoms with Gasteiger partial charge in [0, 0.05) is 5.56 Å². The van der Waals surface area contributed by atoms with Crippen molar-refractivity contribution in [1.82, 2.24) is 0 Å².